The molecule has 0 atom stereocenters. The van der Waals surface area contributed by atoms with Crippen LogP contribution >= 0.6 is 0 Å². The zero-order chi connectivity index (χ0) is 26.0. The summed E-state index contributed by atoms with van der Waals surface area (Å²) in [5.74, 6) is 2.34. The Bertz CT molecular complexity index is 1230. The van der Waals surface area contributed by atoms with Crippen LogP contribution in [0.2, 0.25) is 0 Å². The van der Waals surface area contributed by atoms with Crippen molar-refractivity contribution in [3.8, 4) is 0 Å². The Morgan fingerprint density at radius 2 is 1.86 bits per heavy atom. The summed E-state index contributed by atoms with van der Waals surface area (Å²) >= 11 is 0. The van der Waals surface area contributed by atoms with Crippen molar-refractivity contribution >= 4 is 23.5 Å². The number of aromatic nitrogens is 4. The van der Waals surface area contributed by atoms with Crippen LogP contribution < -0.4 is 15.5 Å². The Kier molecular flexibility index (Phi) is 7.03. The molecule has 2 saturated carbocycles. The lowest BCUT2D eigenvalue weighted by molar-refractivity contribution is -0.137. The van der Waals surface area contributed by atoms with Gasteiger partial charge in [0, 0.05) is 43.0 Å². The molecule has 3 N–H and O–H groups in total. The van der Waals surface area contributed by atoms with E-state index in [4.69, 9.17) is 0 Å². The summed E-state index contributed by atoms with van der Waals surface area (Å²) in [6, 6.07) is 8.96. The number of rotatable bonds is 8. The van der Waals surface area contributed by atoms with Crippen LogP contribution in [0.25, 0.3) is 0 Å². The molecular formula is C26H30F3N7O. The number of nitrogens with one attached hydrogen (secondary N) is 3. The minimum absolute atomic E-state index is 0.00260. The minimum Gasteiger partial charge on any atom is -0.353 e. The Balaban J connectivity index is 1.11. The van der Waals surface area contributed by atoms with Gasteiger partial charge in [0.15, 0.2) is 5.82 Å². The molecule has 8 nitrogen and oxygen atoms in total. The number of hydrogen-bond donors (Lipinski definition) is 3. The highest BCUT2D eigenvalue weighted by Gasteiger charge is 2.31. The van der Waals surface area contributed by atoms with E-state index in [1.807, 2.05) is 13.1 Å². The normalized spacial score (nSPS) is 19.9. The predicted molar refractivity (Wildman–Crippen MR) is 134 cm³/mol. The Hall–Kier alpha value is -3.63. The van der Waals surface area contributed by atoms with Gasteiger partial charge in [-0.1, -0.05) is 18.2 Å². The topological polar surface area (TPSA) is 98.8 Å². The minimum atomic E-state index is -4.42. The second kappa shape index (κ2) is 10.4. The van der Waals surface area contributed by atoms with Gasteiger partial charge in [-0.05, 0) is 56.2 Å². The van der Waals surface area contributed by atoms with E-state index >= 15 is 0 Å². The molecule has 2 aliphatic rings. The molecule has 0 radical (unpaired) electrons. The number of halogens is 3. The van der Waals surface area contributed by atoms with Crippen LogP contribution in [0, 0.1) is 0 Å². The number of nitrogens with zero attached hydrogens (tertiary/aromatic N) is 4. The average Bonchev–Trinajstić information content (AvgIpc) is 3.62. The number of H-pyrrole nitrogens is 1. The summed E-state index contributed by atoms with van der Waals surface area (Å²) in [4.78, 5) is 23.6. The third-order valence-corrected chi connectivity index (χ3v) is 7.06. The van der Waals surface area contributed by atoms with E-state index in [1.54, 1.807) is 18.3 Å². The quantitative estimate of drug-likeness (QED) is 0.395. The molecule has 0 unspecified atom stereocenters. The van der Waals surface area contributed by atoms with Crippen LogP contribution in [0.3, 0.4) is 0 Å². The summed E-state index contributed by atoms with van der Waals surface area (Å²) in [6.07, 6.45) is 2.86. The van der Waals surface area contributed by atoms with Gasteiger partial charge in [0.1, 0.15) is 5.82 Å². The van der Waals surface area contributed by atoms with Gasteiger partial charge in [-0.2, -0.15) is 23.3 Å². The van der Waals surface area contributed by atoms with Crippen molar-refractivity contribution in [3.63, 3.8) is 0 Å². The van der Waals surface area contributed by atoms with Crippen LogP contribution in [0.5, 0.6) is 0 Å². The lowest BCUT2D eigenvalue weighted by atomic mass is 9.90. The zero-order valence-corrected chi connectivity index (χ0v) is 20.6. The second-order valence-corrected chi connectivity index (χ2v) is 9.91. The van der Waals surface area contributed by atoms with Crippen LogP contribution in [0.4, 0.5) is 30.8 Å². The van der Waals surface area contributed by atoms with Crippen LogP contribution in [0.15, 0.2) is 42.6 Å². The molecule has 37 heavy (non-hydrogen) atoms. The van der Waals surface area contributed by atoms with Crippen LogP contribution in [0.1, 0.15) is 61.3 Å². The highest BCUT2D eigenvalue weighted by atomic mass is 19.4. The van der Waals surface area contributed by atoms with E-state index in [2.05, 4.69) is 35.7 Å². The summed E-state index contributed by atoms with van der Waals surface area (Å²) in [7, 11) is 1.97. The van der Waals surface area contributed by atoms with Gasteiger partial charge in [0.25, 0.3) is 0 Å². The van der Waals surface area contributed by atoms with Crippen molar-refractivity contribution < 1.29 is 18.0 Å². The van der Waals surface area contributed by atoms with Crippen molar-refractivity contribution in [1.82, 2.24) is 25.5 Å². The molecule has 0 bridgehead atoms. The summed E-state index contributed by atoms with van der Waals surface area (Å²) < 4.78 is 38.8. The predicted octanol–water partition coefficient (Wildman–Crippen LogP) is 4.95. The number of alkyl halides is 3. The first kappa shape index (κ1) is 25.0. The summed E-state index contributed by atoms with van der Waals surface area (Å²) in [5.41, 5.74) is 0.757. The number of carbonyl (C=O) groups is 1. The second-order valence-electron chi connectivity index (χ2n) is 9.91. The van der Waals surface area contributed by atoms with E-state index in [1.165, 1.54) is 18.9 Å². The third kappa shape index (κ3) is 6.39. The van der Waals surface area contributed by atoms with Gasteiger partial charge < -0.3 is 15.5 Å². The Morgan fingerprint density at radius 1 is 1.08 bits per heavy atom. The molecule has 5 rings (SSSR count). The fraction of sp³-hybridized carbons (Fsp3) is 0.462. The van der Waals surface area contributed by atoms with Crippen molar-refractivity contribution in [1.29, 1.82) is 0 Å². The van der Waals surface area contributed by atoms with Crippen molar-refractivity contribution in [2.24, 2.45) is 0 Å². The fourth-order valence-corrected chi connectivity index (χ4v) is 4.82. The number of hydrogen-bond acceptors (Lipinski definition) is 6. The van der Waals surface area contributed by atoms with E-state index in [0.717, 1.165) is 49.3 Å². The molecule has 0 aliphatic heterocycles. The molecule has 2 fully saturated rings. The monoisotopic (exact) mass is 513 g/mol. The SMILES string of the molecule is CN(c1nccc(Nc2cc(C3CC3)[nH]n2)n1)C1CCC(NC(=O)Cc2cccc(C(F)(F)F)c2)CC1. The smallest absolute Gasteiger partial charge is 0.353 e. The number of carbonyl (C=O) groups excluding carboxylic acids is 1. The number of aromatic amines is 1. The Labute approximate surface area is 213 Å². The van der Waals surface area contributed by atoms with Gasteiger partial charge in [-0.15, -0.1) is 0 Å². The highest BCUT2D eigenvalue weighted by Crippen LogP contribution is 2.39. The summed E-state index contributed by atoms with van der Waals surface area (Å²) in [5, 5.41) is 13.6. The molecular weight excluding hydrogens is 483 g/mol. The van der Waals surface area contributed by atoms with Crippen LogP contribution in [-0.2, 0) is 17.4 Å². The summed E-state index contributed by atoms with van der Waals surface area (Å²) in [6.45, 7) is 0. The maximum Gasteiger partial charge on any atom is 0.416 e. The molecule has 11 heteroatoms. The van der Waals surface area contributed by atoms with E-state index in [0.29, 0.717) is 23.2 Å². The first-order chi connectivity index (χ1) is 17.7. The molecule has 2 heterocycles. The first-order valence-corrected chi connectivity index (χ1v) is 12.6. The largest absolute Gasteiger partial charge is 0.416 e. The van der Waals surface area contributed by atoms with Crippen molar-refractivity contribution in [2.45, 2.75) is 69.1 Å². The van der Waals surface area contributed by atoms with Gasteiger partial charge in [-0.25, -0.2) is 4.98 Å². The van der Waals surface area contributed by atoms with E-state index < -0.39 is 11.7 Å². The van der Waals surface area contributed by atoms with Gasteiger partial charge in [0.2, 0.25) is 11.9 Å². The molecule has 1 amide bonds. The molecule has 1 aromatic carbocycles. The van der Waals surface area contributed by atoms with Crippen molar-refractivity contribution in [3.05, 3.63) is 59.4 Å². The van der Waals surface area contributed by atoms with E-state index in [-0.39, 0.29) is 24.4 Å². The molecule has 3 aromatic rings. The van der Waals surface area contributed by atoms with E-state index in [9.17, 15) is 18.0 Å². The lowest BCUT2D eigenvalue weighted by Crippen LogP contribution is -2.43. The first-order valence-electron chi connectivity index (χ1n) is 12.6. The molecule has 0 spiro atoms. The average molecular weight is 514 g/mol. The molecule has 0 saturated heterocycles. The Morgan fingerprint density at radius 3 is 2.59 bits per heavy atom. The van der Waals surface area contributed by atoms with Gasteiger partial charge >= 0.3 is 6.18 Å². The van der Waals surface area contributed by atoms with Gasteiger partial charge in [0.05, 0.1) is 12.0 Å². The number of anilines is 3. The number of amides is 1. The highest BCUT2D eigenvalue weighted by molar-refractivity contribution is 5.79. The van der Waals surface area contributed by atoms with Crippen molar-refractivity contribution in [2.75, 3.05) is 17.3 Å². The van der Waals surface area contributed by atoms with Crippen LogP contribution in [-0.4, -0.2) is 45.2 Å². The standard InChI is InChI=1S/C26H30F3N7O/c1-36(25-30-12-11-22(33-25)32-23-15-21(34-35-23)17-5-6-17)20-9-7-19(8-10-20)31-24(37)14-16-3-2-4-18(13-16)26(27,28)29/h2-4,11-13,15,17,19-20H,5-10,14H2,1H3,(H,31,37)(H2,30,32,33,34,35). The maximum atomic E-state index is 12.9. The van der Waals surface area contributed by atoms with Gasteiger partial charge in [-0.3, -0.25) is 9.89 Å². The molecule has 196 valence electrons. The molecule has 2 aliphatic carbocycles. The fourth-order valence-electron chi connectivity index (χ4n) is 4.82. The molecule has 2 aromatic heterocycles. The lowest BCUT2D eigenvalue weighted by Gasteiger charge is -2.35. The zero-order valence-electron chi connectivity index (χ0n) is 20.6. The third-order valence-electron chi connectivity index (χ3n) is 7.06. The number of benzene rings is 1. The maximum absolute atomic E-state index is 12.9.